The maximum absolute atomic E-state index is 12.2. The largest absolute Gasteiger partial charge is 0.468 e. The van der Waals surface area contributed by atoms with Gasteiger partial charge in [0.15, 0.2) is 0 Å². The minimum atomic E-state index is -0.179. The predicted octanol–water partition coefficient (Wildman–Crippen LogP) is 2.87. The second kappa shape index (κ2) is 7.97. The Morgan fingerprint density at radius 1 is 1.33 bits per heavy atom. The number of hydrogen-bond donors (Lipinski definition) is 2. The molecule has 2 aromatic rings. The quantitative estimate of drug-likeness (QED) is 0.855. The Balaban J connectivity index is 1.55. The highest BCUT2D eigenvalue weighted by atomic mass is 16.3. The third-order valence-electron chi connectivity index (χ3n) is 4.44. The summed E-state index contributed by atoms with van der Waals surface area (Å²) in [5, 5.41) is 5.92. The van der Waals surface area contributed by atoms with Gasteiger partial charge in [0, 0.05) is 18.9 Å². The summed E-state index contributed by atoms with van der Waals surface area (Å²) in [4.78, 5) is 18.7. The van der Waals surface area contributed by atoms with Gasteiger partial charge in [0.1, 0.15) is 5.76 Å². The molecule has 0 spiro atoms. The van der Waals surface area contributed by atoms with Crippen molar-refractivity contribution in [3.05, 3.63) is 54.2 Å². The SMILES string of the molecule is C[C@@H](NC(=O)NC[C@@H](c1ccco1)N1CCCC1)c1cccnc1. The summed E-state index contributed by atoms with van der Waals surface area (Å²) in [6.07, 6.45) is 7.56. The molecule has 3 rings (SSSR count). The number of nitrogens with one attached hydrogen (secondary N) is 2. The molecular weight excluding hydrogens is 304 g/mol. The van der Waals surface area contributed by atoms with Crippen molar-refractivity contribution >= 4 is 6.03 Å². The Morgan fingerprint density at radius 2 is 2.17 bits per heavy atom. The fourth-order valence-corrected chi connectivity index (χ4v) is 3.10. The third-order valence-corrected chi connectivity index (χ3v) is 4.44. The Labute approximate surface area is 142 Å². The van der Waals surface area contributed by atoms with Crippen molar-refractivity contribution in [3.8, 4) is 0 Å². The lowest BCUT2D eigenvalue weighted by molar-refractivity contribution is 0.202. The van der Waals surface area contributed by atoms with Gasteiger partial charge in [0.2, 0.25) is 0 Å². The average Bonchev–Trinajstić information content (AvgIpc) is 3.30. The van der Waals surface area contributed by atoms with Crippen LogP contribution in [0.1, 0.15) is 43.2 Å². The zero-order valence-corrected chi connectivity index (χ0v) is 13.9. The van der Waals surface area contributed by atoms with Gasteiger partial charge < -0.3 is 15.1 Å². The molecule has 0 aliphatic carbocycles. The number of carbonyl (C=O) groups excluding carboxylic acids is 1. The summed E-state index contributed by atoms with van der Waals surface area (Å²) in [6.45, 7) is 4.56. The van der Waals surface area contributed by atoms with E-state index in [2.05, 4.69) is 20.5 Å². The van der Waals surface area contributed by atoms with Gasteiger partial charge in [0.25, 0.3) is 0 Å². The van der Waals surface area contributed by atoms with Crippen molar-refractivity contribution in [2.24, 2.45) is 0 Å². The van der Waals surface area contributed by atoms with E-state index in [0.717, 1.165) is 24.4 Å². The molecule has 2 aromatic heterocycles. The molecule has 2 N–H and O–H groups in total. The number of hydrogen-bond acceptors (Lipinski definition) is 4. The van der Waals surface area contributed by atoms with Gasteiger partial charge in [-0.1, -0.05) is 6.07 Å². The summed E-state index contributed by atoms with van der Waals surface area (Å²) in [5.41, 5.74) is 0.981. The molecule has 1 aliphatic heterocycles. The van der Waals surface area contributed by atoms with Crippen LogP contribution in [0.15, 0.2) is 47.3 Å². The Bertz CT molecular complexity index is 624. The fraction of sp³-hybridized carbons (Fsp3) is 0.444. The Hall–Kier alpha value is -2.34. The minimum absolute atomic E-state index is 0.0851. The topological polar surface area (TPSA) is 70.4 Å². The first-order chi connectivity index (χ1) is 11.7. The van der Waals surface area contributed by atoms with Crippen LogP contribution in [0.3, 0.4) is 0 Å². The van der Waals surface area contributed by atoms with Gasteiger partial charge in [0.05, 0.1) is 18.3 Å². The summed E-state index contributed by atoms with van der Waals surface area (Å²) in [6, 6.07) is 7.50. The van der Waals surface area contributed by atoms with E-state index in [-0.39, 0.29) is 18.1 Å². The monoisotopic (exact) mass is 328 g/mol. The second-order valence-electron chi connectivity index (χ2n) is 6.14. The highest BCUT2D eigenvalue weighted by molar-refractivity contribution is 5.74. The molecule has 2 atom stereocenters. The molecule has 1 saturated heterocycles. The van der Waals surface area contributed by atoms with Crippen LogP contribution in [-0.4, -0.2) is 35.5 Å². The van der Waals surface area contributed by atoms with E-state index in [1.54, 1.807) is 18.7 Å². The van der Waals surface area contributed by atoms with Gasteiger partial charge in [-0.15, -0.1) is 0 Å². The summed E-state index contributed by atoms with van der Waals surface area (Å²) >= 11 is 0. The maximum Gasteiger partial charge on any atom is 0.315 e. The van der Waals surface area contributed by atoms with Crippen molar-refractivity contribution in [1.82, 2.24) is 20.5 Å². The molecule has 6 nitrogen and oxygen atoms in total. The van der Waals surface area contributed by atoms with Crippen LogP contribution in [0.5, 0.6) is 0 Å². The van der Waals surface area contributed by atoms with Gasteiger partial charge in [-0.25, -0.2) is 4.79 Å². The molecule has 0 bridgehead atoms. The van der Waals surface area contributed by atoms with E-state index < -0.39 is 0 Å². The first-order valence-electron chi connectivity index (χ1n) is 8.46. The fourth-order valence-electron chi connectivity index (χ4n) is 3.10. The van der Waals surface area contributed by atoms with Crippen LogP contribution in [-0.2, 0) is 0 Å². The Kier molecular flexibility index (Phi) is 5.48. The summed E-state index contributed by atoms with van der Waals surface area (Å²) in [7, 11) is 0. The summed E-state index contributed by atoms with van der Waals surface area (Å²) < 4.78 is 5.57. The Morgan fingerprint density at radius 3 is 2.83 bits per heavy atom. The van der Waals surface area contributed by atoms with Crippen molar-refractivity contribution in [2.45, 2.75) is 31.8 Å². The van der Waals surface area contributed by atoms with Gasteiger partial charge in [-0.3, -0.25) is 9.88 Å². The van der Waals surface area contributed by atoms with Crippen molar-refractivity contribution in [1.29, 1.82) is 0 Å². The molecule has 0 aromatic carbocycles. The zero-order valence-electron chi connectivity index (χ0n) is 13.9. The number of aromatic nitrogens is 1. The van der Waals surface area contributed by atoms with Gasteiger partial charge in [-0.05, 0) is 56.6 Å². The molecular formula is C18H24N4O2. The summed E-state index contributed by atoms with van der Waals surface area (Å²) in [5.74, 6) is 0.900. The number of urea groups is 1. The molecule has 3 heterocycles. The van der Waals surface area contributed by atoms with Crippen molar-refractivity contribution in [2.75, 3.05) is 19.6 Å². The molecule has 1 aliphatic rings. The molecule has 1 fully saturated rings. The minimum Gasteiger partial charge on any atom is -0.468 e. The molecule has 2 amide bonds. The maximum atomic E-state index is 12.2. The van der Waals surface area contributed by atoms with Gasteiger partial charge >= 0.3 is 6.03 Å². The highest BCUT2D eigenvalue weighted by Crippen LogP contribution is 2.24. The van der Waals surface area contributed by atoms with Crippen molar-refractivity contribution in [3.63, 3.8) is 0 Å². The first-order valence-corrected chi connectivity index (χ1v) is 8.46. The van der Waals surface area contributed by atoms with E-state index in [1.165, 1.54) is 12.8 Å². The lowest BCUT2D eigenvalue weighted by Crippen LogP contribution is -2.42. The van der Waals surface area contributed by atoms with Crippen LogP contribution in [0, 0.1) is 0 Å². The molecule has 0 unspecified atom stereocenters. The standard InChI is InChI=1S/C18H24N4O2/c1-14(15-6-4-8-19-12-15)21-18(23)20-13-16(17-7-5-11-24-17)22-9-2-3-10-22/h4-8,11-12,14,16H,2-3,9-10,13H2,1H3,(H2,20,21,23)/t14-,16+/m1/s1. The number of rotatable bonds is 6. The zero-order chi connectivity index (χ0) is 16.8. The van der Waals surface area contributed by atoms with E-state index in [9.17, 15) is 4.79 Å². The normalized spacial score (nSPS) is 17.4. The lowest BCUT2D eigenvalue weighted by atomic mass is 10.1. The molecule has 24 heavy (non-hydrogen) atoms. The smallest absolute Gasteiger partial charge is 0.315 e. The van der Waals surface area contributed by atoms with E-state index in [1.807, 2.05) is 31.2 Å². The number of furan rings is 1. The number of amides is 2. The molecule has 6 heteroatoms. The molecule has 0 saturated carbocycles. The number of likely N-dealkylation sites (tertiary alicyclic amines) is 1. The first kappa shape index (κ1) is 16.5. The van der Waals surface area contributed by atoms with E-state index in [4.69, 9.17) is 4.42 Å². The number of pyridine rings is 1. The highest BCUT2D eigenvalue weighted by Gasteiger charge is 2.26. The van der Waals surface area contributed by atoms with Crippen LogP contribution in [0.4, 0.5) is 4.79 Å². The number of carbonyl (C=O) groups is 1. The van der Waals surface area contributed by atoms with E-state index >= 15 is 0 Å². The third kappa shape index (κ3) is 4.14. The lowest BCUT2D eigenvalue weighted by Gasteiger charge is -2.26. The molecule has 128 valence electrons. The van der Waals surface area contributed by atoms with Crippen LogP contribution in [0.2, 0.25) is 0 Å². The van der Waals surface area contributed by atoms with Crippen LogP contribution in [0.25, 0.3) is 0 Å². The van der Waals surface area contributed by atoms with E-state index in [0.29, 0.717) is 6.54 Å². The number of nitrogens with zero attached hydrogens (tertiary/aromatic N) is 2. The van der Waals surface area contributed by atoms with Gasteiger partial charge in [-0.2, -0.15) is 0 Å². The average molecular weight is 328 g/mol. The van der Waals surface area contributed by atoms with Crippen LogP contribution < -0.4 is 10.6 Å². The van der Waals surface area contributed by atoms with Crippen LogP contribution >= 0.6 is 0 Å². The molecule has 0 radical (unpaired) electrons. The predicted molar refractivity (Wildman–Crippen MR) is 91.4 cm³/mol. The van der Waals surface area contributed by atoms with Crippen molar-refractivity contribution < 1.29 is 9.21 Å². The second-order valence-corrected chi connectivity index (χ2v) is 6.14.